The topological polar surface area (TPSA) is 59.2 Å². The van der Waals surface area contributed by atoms with Crippen molar-refractivity contribution in [3.05, 3.63) is 76.8 Å². The largest absolute Gasteiger partial charge is 0.334 e. The molecule has 1 aliphatic rings. The van der Waals surface area contributed by atoms with Crippen molar-refractivity contribution in [2.45, 2.75) is 16.7 Å². The van der Waals surface area contributed by atoms with Crippen LogP contribution in [0.25, 0.3) is 22.8 Å². The lowest BCUT2D eigenvalue weighted by molar-refractivity contribution is 0.0985. The molecule has 30 heavy (non-hydrogen) atoms. The molecule has 3 aromatic carbocycles. The zero-order valence-electron chi connectivity index (χ0n) is 16.0. The standard InChI is InChI=1S/C23H16BrN3O2S/c1-2-27-18-12-9-15(13-20(18)30-19-6-4-3-5-17(19)23(27)28)21-25-22(29-26-21)14-7-10-16(24)11-8-14/h3-13H,2H2,1H3. The summed E-state index contributed by atoms with van der Waals surface area (Å²) in [6, 6.07) is 21.3. The van der Waals surface area contributed by atoms with Crippen molar-refractivity contribution in [2.24, 2.45) is 0 Å². The van der Waals surface area contributed by atoms with Gasteiger partial charge in [-0.3, -0.25) is 4.79 Å². The Balaban J connectivity index is 1.56. The number of hydrogen-bond acceptors (Lipinski definition) is 5. The van der Waals surface area contributed by atoms with Crippen molar-refractivity contribution < 1.29 is 9.32 Å². The van der Waals surface area contributed by atoms with Crippen LogP contribution in [0.4, 0.5) is 5.69 Å². The van der Waals surface area contributed by atoms with Gasteiger partial charge in [0.1, 0.15) is 0 Å². The van der Waals surface area contributed by atoms with Crippen LogP contribution in [0.5, 0.6) is 0 Å². The van der Waals surface area contributed by atoms with Gasteiger partial charge in [0.15, 0.2) is 0 Å². The van der Waals surface area contributed by atoms with Crippen molar-refractivity contribution in [2.75, 3.05) is 11.4 Å². The number of benzene rings is 3. The fourth-order valence-electron chi connectivity index (χ4n) is 3.43. The van der Waals surface area contributed by atoms with Crippen LogP contribution in [0.2, 0.25) is 0 Å². The maximum absolute atomic E-state index is 13.0. The van der Waals surface area contributed by atoms with Gasteiger partial charge in [-0.1, -0.05) is 45.0 Å². The van der Waals surface area contributed by atoms with Gasteiger partial charge in [0.25, 0.3) is 11.8 Å². The molecule has 0 saturated heterocycles. The van der Waals surface area contributed by atoms with Crippen LogP contribution in [0, 0.1) is 0 Å². The lowest BCUT2D eigenvalue weighted by Crippen LogP contribution is -2.30. The minimum Gasteiger partial charge on any atom is -0.334 e. The van der Waals surface area contributed by atoms with Gasteiger partial charge in [-0.2, -0.15) is 4.98 Å². The number of anilines is 1. The Labute approximate surface area is 186 Å². The van der Waals surface area contributed by atoms with E-state index in [9.17, 15) is 4.79 Å². The fraction of sp³-hybridized carbons (Fsp3) is 0.0870. The van der Waals surface area contributed by atoms with E-state index in [-0.39, 0.29) is 5.91 Å². The third-order valence-electron chi connectivity index (χ3n) is 4.92. The molecule has 0 aliphatic carbocycles. The average molecular weight is 478 g/mol. The Bertz CT molecular complexity index is 1250. The smallest absolute Gasteiger partial charge is 0.259 e. The van der Waals surface area contributed by atoms with E-state index < -0.39 is 0 Å². The van der Waals surface area contributed by atoms with Gasteiger partial charge in [-0.15, -0.1) is 0 Å². The van der Waals surface area contributed by atoms with E-state index in [0.717, 1.165) is 36.6 Å². The first-order chi connectivity index (χ1) is 14.6. The third-order valence-corrected chi connectivity index (χ3v) is 6.58. The molecule has 148 valence electrons. The van der Waals surface area contributed by atoms with Crippen LogP contribution in [0.15, 0.2) is 85.5 Å². The molecule has 2 heterocycles. The molecule has 0 radical (unpaired) electrons. The van der Waals surface area contributed by atoms with E-state index in [1.54, 1.807) is 16.7 Å². The van der Waals surface area contributed by atoms with Crippen LogP contribution in [-0.4, -0.2) is 22.6 Å². The summed E-state index contributed by atoms with van der Waals surface area (Å²) in [5.41, 5.74) is 3.32. The molecule has 1 aliphatic heterocycles. The van der Waals surface area contributed by atoms with Gasteiger partial charge in [0.05, 0.1) is 11.3 Å². The van der Waals surface area contributed by atoms with Crippen molar-refractivity contribution in [3.8, 4) is 22.8 Å². The van der Waals surface area contributed by atoms with Crippen molar-refractivity contribution in [1.82, 2.24) is 10.1 Å². The maximum Gasteiger partial charge on any atom is 0.259 e. The lowest BCUT2D eigenvalue weighted by Gasteiger charge is -2.21. The molecule has 1 amide bonds. The van der Waals surface area contributed by atoms with Gasteiger partial charge in [0.2, 0.25) is 5.82 Å². The SMILES string of the molecule is CCN1C(=O)c2ccccc2Sc2cc(-c3noc(-c4ccc(Br)cc4)n3)ccc21. The van der Waals surface area contributed by atoms with Crippen molar-refractivity contribution in [3.63, 3.8) is 0 Å². The minimum atomic E-state index is 0.0178. The number of nitrogens with zero attached hydrogens (tertiary/aromatic N) is 3. The summed E-state index contributed by atoms with van der Waals surface area (Å²) >= 11 is 5.02. The van der Waals surface area contributed by atoms with E-state index in [1.165, 1.54) is 0 Å². The fourth-order valence-corrected chi connectivity index (χ4v) is 4.81. The molecule has 0 bridgehead atoms. The average Bonchev–Trinajstić information content (AvgIpc) is 3.22. The summed E-state index contributed by atoms with van der Waals surface area (Å²) in [4.78, 5) is 21.3. The van der Waals surface area contributed by atoms with Crippen LogP contribution in [-0.2, 0) is 0 Å². The summed E-state index contributed by atoms with van der Waals surface area (Å²) in [7, 11) is 0. The second-order valence-electron chi connectivity index (χ2n) is 6.76. The first-order valence-electron chi connectivity index (χ1n) is 9.47. The highest BCUT2D eigenvalue weighted by atomic mass is 79.9. The molecule has 0 saturated carbocycles. The van der Waals surface area contributed by atoms with E-state index in [2.05, 4.69) is 26.1 Å². The van der Waals surface area contributed by atoms with E-state index in [1.807, 2.05) is 73.7 Å². The Morgan fingerprint density at radius 2 is 1.77 bits per heavy atom. The molecule has 0 fully saturated rings. The summed E-state index contributed by atoms with van der Waals surface area (Å²) in [6.07, 6.45) is 0. The first-order valence-corrected chi connectivity index (χ1v) is 11.1. The number of carbonyl (C=O) groups excluding carboxylic acids is 1. The molecule has 4 aromatic rings. The summed E-state index contributed by atoms with van der Waals surface area (Å²) in [5, 5.41) is 4.17. The molecule has 5 rings (SSSR count). The normalized spacial score (nSPS) is 13.0. The number of amides is 1. The molecule has 0 unspecified atom stereocenters. The molecular weight excluding hydrogens is 462 g/mol. The van der Waals surface area contributed by atoms with E-state index >= 15 is 0 Å². The predicted molar refractivity (Wildman–Crippen MR) is 121 cm³/mol. The summed E-state index contributed by atoms with van der Waals surface area (Å²) < 4.78 is 6.47. The highest BCUT2D eigenvalue weighted by Crippen LogP contribution is 2.42. The first kappa shape index (κ1) is 19.1. The zero-order chi connectivity index (χ0) is 20.7. The highest BCUT2D eigenvalue weighted by molar-refractivity contribution is 9.10. The predicted octanol–water partition coefficient (Wildman–Crippen LogP) is 6.30. The van der Waals surface area contributed by atoms with Gasteiger partial charge in [-0.05, 0) is 61.5 Å². The molecule has 0 N–H and O–H groups in total. The van der Waals surface area contributed by atoms with Gasteiger partial charge in [0, 0.05) is 31.9 Å². The molecule has 1 aromatic heterocycles. The number of rotatable bonds is 3. The van der Waals surface area contributed by atoms with Crippen molar-refractivity contribution in [1.29, 1.82) is 0 Å². The van der Waals surface area contributed by atoms with Crippen molar-refractivity contribution >= 4 is 39.3 Å². The summed E-state index contributed by atoms with van der Waals surface area (Å²) in [6.45, 7) is 2.58. The molecule has 7 heteroatoms. The lowest BCUT2D eigenvalue weighted by atomic mass is 10.1. The number of hydrogen-bond donors (Lipinski definition) is 0. The van der Waals surface area contributed by atoms with Gasteiger partial charge < -0.3 is 9.42 Å². The van der Waals surface area contributed by atoms with E-state index in [4.69, 9.17) is 4.52 Å². The number of aromatic nitrogens is 2. The molecule has 5 nitrogen and oxygen atoms in total. The zero-order valence-corrected chi connectivity index (χ0v) is 18.4. The monoisotopic (exact) mass is 477 g/mol. The quantitative estimate of drug-likeness (QED) is 0.346. The van der Waals surface area contributed by atoms with Crippen LogP contribution < -0.4 is 4.90 Å². The Morgan fingerprint density at radius 3 is 2.57 bits per heavy atom. The Kier molecular flexibility index (Phi) is 4.92. The van der Waals surface area contributed by atoms with Crippen LogP contribution >= 0.6 is 27.7 Å². The number of halogens is 1. The summed E-state index contributed by atoms with van der Waals surface area (Å²) in [5.74, 6) is 1.00. The third kappa shape index (κ3) is 3.34. The number of fused-ring (bicyclic) bond motifs is 2. The molecular formula is C23H16BrN3O2S. The molecule has 0 spiro atoms. The van der Waals surface area contributed by atoms with Gasteiger partial charge >= 0.3 is 0 Å². The Morgan fingerprint density at radius 1 is 1.00 bits per heavy atom. The maximum atomic E-state index is 13.0. The second kappa shape index (κ2) is 7.74. The number of carbonyl (C=O) groups is 1. The Hall–Kier alpha value is -2.90. The van der Waals surface area contributed by atoms with Crippen LogP contribution in [0.3, 0.4) is 0 Å². The van der Waals surface area contributed by atoms with Crippen LogP contribution in [0.1, 0.15) is 17.3 Å². The van der Waals surface area contributed by atoms with E-state index in [0.29, 0.717) is 18.3 Å². The second-order valence-corrected chi connectivity index (χ2v) is 8.76. The highest BCUT2D eigenvalue weighted by Gasteiger charge is 2.26. The minimum absolute atomic E-state index is 0.0178. The van der Waals surface area contributed by atoms with Gasteiger partial charge in [-0.25, -0.2) is 0 Å². The molecule has 0 atom stereocenters.